The Balaban J connectivity index is 1.28. The number of alkyl halides is 3. The van der Waals surface area contributed by atoms with Crippen LogP contribution in [0.5, 0.6) is 11.5 Å². The molecule has 0 saturated carbocycles. The molecule has 5 rings (SSSR count). The standard InChI is InChI=1S/C38H35F3O4S2/c1-3-43-37(42)24-45-34-20-19-33(21-26(34)2)46-25-36-30(22-35(47-36)29-13-15-31(16-14-29)38(39,40)41)23-44-32-17-11-28(12-18-32)10-9-27-7-5-4-6-8-27/h4-8,11-22H,3,9-10,23-25H2,1-2H3. The minimum absolute atomic E-state index is 0.150. The van der Waals surface area contributed by atoms with E-state index in [2.05, 4.69) is 36.4 Å². The summed E-state index contributed by atoms with van der Waals surface area (Å²) in [6.07, 6.45) is -2.49. The van der Waals surface area contributed by atoms with E-state index in [4.69, 9.17) is 14.2 Å². The number of aryl methyl sites for hydroxylation is 3. The van der Waals surface area contributed by atoms with E-state index < -0.39 is 17.7 Å². The van der Waals surface area contributed by atoms with Gasteiger partial charge in [0.05, 0.1) is 12.2 Å². The first-order valence-corrected chi connectivity index (χ1v) is 17.0. The molecule has 0 radical (unpaired) electrons. The third kappa shape index (κ3) is 9.89. The number of carbonyl (C=O) groups is 1. The molecule has 244 valence electrons. The lowest BCUT2D eigenvalue weighted by atomic mass is 10.0. The molecule has 5 aromatic rings. The van der Waals surface area contributed by atoms with Crippen LogP contribution >= 0.6 is 23.1 Å². The molecular weight excluding hydrogens is 642 g/mol. The normalized spacial score (nSPS) is 11.3. The number of hydrogen-bond donors (Lipinski definition) is 0. The Hall–Kier alpha value is -4.21. The van der Waals surface area contributed by atoms with Gasteiger partial charge in [0.15, 0.2) is 6.61 Å². The van der Waals surface area contributed by atoms with Gasteiger partial charge in [0, 0.05) is 26.0 Å². The smallest absolute Gasteiger partial charge is 0.416 e. The molecule has 0 aliphatic rings. The van der Waals surface area contributed by atoms with Crippen LogP contribution in [0.3, 0.4) is 0 Å². The molecule has 0 aliphatic heterocycles. The van der Waals surface area contributed by atoms with Gasteiger partial charge in [0.25, 0.3) is 0 Å². The van der Waals surface area contributed by atoms with E-state index in [0.29, 0.717) is 24.7 Å². The molecule has 1 heterocycles. The Morgan fingerprint density at radius 1 is 0.830 bits per heavy atom. The number of benzene rings is 4. The lowest BCUT2D eigenvalue weighted by Gasteiger charge is -2.11. The first-order chi connectivity index (χ1) is 22.7. The fourth-order valence-corrected chi connectivity index (χ4v) is 7.17. The van der Waals surface area contributed by atoms with E-state index in [9.17, 15) is 18.0 Å². The number of ether oxygens (including phenoxy) is 3. The van der Waals surface area contributed by atoms with Crippen LogP contribution in [0.15, 0.2) is 108 Å². The van der Waals surface area contributed by atoms with Crippen molar-refractivity contribution in [2.75, 3.05) is 13.2 Å². The van der Waals surface area contributed by atoms with Crippen molar-refractivity contribution in [2.24, 2.45) is 0 Å². The highest BCUT2D eigenvalue weighted by Gasteiger charge is 2.30. The van der Waals surface area contributed by atoms with Crippen molar-refractivity contribution >= 4 is 29.1 Å². The highest BCUT2D eigenvalue weighted by molar-refractivity contribution is 7.98. The van der Waals surface area contributed by atoms with Crippen LogP contribution in [0.1, 0.15) is 39.6 Å². The summed E-state index contributed by atoms with van der Waals surface area (Å²) in [7, 11) is 0. The average Bonchev–Trinajstić information content (AvgIpc) is 3.49. The molecule has 1 aromatic heterocycles. The second kappa shape index (κ2) is 16.1. The Kier molecular flexibility index (Phi) is 11.7. The van der Waals surface area contributed by atoms with Crippen molar-refractivity contribution in [2.45, 2.75) is 50.1 Å². The predicted octanol–water partition coefficient (Wildman–Crippen LogP) is 10.3. The highest BCUT2D eigenvalue weighted by atomic mass is 32.2. The number of rotatable bonds is 14. The maximum Gasteiger partial charge on any atom is 0.416 e. The number of thiophene rings is 1. The quantitative estimate of drug-likeness (QED) is 0.0865. The van der Waals surface area contributed by atoms with Crippen LogP contribution in [0.25, 0.3) is 10.4 Å². The molecule has 0 amide bonds. The second-order valence-electron chi connectivity index (χ2n) is 10.9. The molecule has 4 aromatic carbocycles. The molecule has 0 atom stereocenters. The van der Waals surface area contributed by atoms with E-state index in [-0.39, 0.29) is 6.61 Å². The Labute approximate surface area is 281 Å². The third-order valence-electron chi connectivity index (χ3n) is 7.42. The number of halogens is 3. The lowest BCUT2D eigenvalue weighted by Crippen LogP contribution is -2.14. The first kappa shape index (κ1) is 34.1. The largest absolute Gasteiger partial charge is 0.489 e. The average molecular weight is 677 g/mol. The molecule has 0 spiro atoms. The van der Waals surface area contributed by atoms with E-state index >= 15 is 0 Å². The summed E-state index contributed by atoms with van der Waals surface area (Å²) in [5, 5.41) is 0. The number of esters is 1. The van der Waals surface area contributed by atoms with Crippen molar-refractivity contribution < 1.29 is 32.2 Å². The topological polar surface area (TPSA) is 44.8 Å². The number of thioether (sulfide) groups is 1. The maximum absolute atomic E-state index is 13.2. The van der Waals surface area contributed by atoms with Gasteiger partial charge in [-0.05, 0) is 97.5 Å². The zero-order valence-electron chi connectivity index (χ0n) is 26.1. The summed E-state index contributed by atoms with van der Waals surface area (Å²) in [5.74, 6) is 1.59. The van der Waals surface area contributed by atoms with Gasteiger partial charge in [-0.3, -0.25) is 0 Å². The molecule has 0 aliphatic carbocycles. The molecule has 9 heteroatoms. The van der Waals surface area contributed by atoms with E-state index in [1.807, 2.05) is 49.4 Å². The number of carbonyl (C=O) groups excluding carboxylic acids is 1. The lowest BCUT2D eigenvalue weighted by molar-refractivity contribution is -0.145. The Morgan fingerprint density at radius 2 is 1.53 bits per heavy atom. The molecular formula is C38H35F3O4S2. The Morgan fingerprint density at radius 3 is 2.19 bits per heavy atom. The Bertz CT molecular complexity index is 1750. The number of hydrogen-bond acceptors (Lipinski definition) is 6. The van der Waals surface area contributed by atoms with Crippen LogP contribution in [0.2, 0.25) is 0 Å². The zero-order chi connectivity index (χ0) is 33.2. The highest BCUT2D eigenvalue weighted by Crippen LogP contribution is 2.38. The monoisotopic (exact) mass is 676 g/mol. The summed E-state index contributed by atoms with van der Waals surface area (Å²) in [4.78, 5) is 14.6. The fraction of sp³-hybridized carbons (Fsp3) is 0.237. The van der Waals surface area contributed by atoms with Gasteiger partial charge in [-0.1, -0.05) is 54.6 Å². The minimum atomic E-state index is -4.39. The fourth-order valence-electron chi connectivity index (χ4n) is 4.89. The summed E-state index contributed by atoms with van der Waals surface area (Å²) in [6.45, 7) is 4.15. The van der Waals surface area contributed by atoms with Crippen LogP contribution in [0, 0.1) is 6.92 Å². The SMILES string of the molecule is CCOC(=O)COc1ccc(SCc2sc(-c3ccc(C(F)(F)F)cc3)cc2COc2ccc(CCc3ccccc3)cc2)cc1C. The third-order valence-corrected chi connectivity index (χ3v) is 9.85. The first-order valence-electron chi connectivity index (χ1n) is 15.2. The van der Waals surface area contributed by atoms with Gasteiger partial charge in [-0.15, -0.1) is 23.1 Å². The predicted molar refractivity (Wildman–Crippen MR) is 182 cm³/mol. The van der Waals surface area contributed by atoms with Crippen LogP contribution < -0.4 is 9.47 Å². The van der Waals surface area contributed by atoms with Gasteiger partial charge >= 0.3 is 12.1 Å². The minimum Gasteiger partial charge on any atom is -0.489 e. The summed E-state index contributed by atoms with van der Waals surface area (Å²) >= 11 is 3.20. The second-order valence-corrected chi connectivity index (χ2v) is 13.0. The van der Waals surface area contributed by atoms with E-state index in [1.165, 1.54) is 23.3 Å². The summed E-state index contributed by atoms with van der Waals surface area (Å²) in [6, 6.07) is 31.6. The maximum atomic E-state index is 13.2. The van der Waals surface area contributed by atoms with Crippen LogP contribution in [-0.4, -0.2) is 19.2 Å². The van der Waals surface area contributed by atoms with Crippen molar-refractivity contribution in [3.05, 3.63) is 136 Å². The molecule has 0 N–H and O–H groups in total. The summed E-state index contributed by atoms with van der Waals surface area (Å²) in [5.41, 5.74) is 4.46. The van der Waals surface area contributed by atoms with Gasteiger partial charge in [0.2, 0.25) is 0 Å². The zero-order valence-corrected chi connectivity index (χ0v) is 27.8. The van der Waals surface area contributed by atoms with Gasteiger partial charge in [0.1, 0.15) is 18.1 Å². The van der Waals surface area contributed by atoms with Crippen molar-refractivity contribution in [1.29, 1.82) is 0 Å². The van der Waals surface area contributed by atoms with Gasteiger partial charge < -0.3 is 14.2 Å². The van der Waals surface area contributed by atoms with Crippen molar-refractivity contribution in [3.8, 4) is 21.9 Å². The molecule has 0 saturated heterocycles. The van der Waals surface area contributed by atoms with E-state index in [0.717, 1.165) is 62.1 Å². The van der Waals surface area contributed by atoms with Crippen LogP contribution in [-0.2, 0) is 40.9 Å². The van der Waals surface area contributed by atoms with Gasteiger partial charge in [-0.2, -0.15) is 13.2 Å². The van der Waals surface area contributed by atoms with E-state index in [1.54, 1.807) is 30.0 Å². The van der Waals surface area contributed by atoms with Gasteiger partial charge in [-0.25, -0.2) is 4.79 Å². The van der Waals surface area contributed by atoms with Crippen LogP contribution in [0.4, 0.5) is 13.2 Å². The van der Waals surface area contributed by atoms with Crippen molar-refractivity contribution in [3.63, 3.8) is 0 Å². The molecule has 47 heavy (non-hydrogen) atoms. The molecule has 0 bridgehead atoms. The molecule has 4 nitrogen and oxygen atoms in total. The van der Waals surface area contributed by atoms with Crippen molar-refractivity contribution in [1.82, 2.24) is 0 Å². The molecule has 0 unspecified atom stereocenters. The molecule has 0 fully saturated rings. The summed E-state index contributed by atoms with van der Waals surface area (Å²) < 4.78 is 56.3.